The Kier molecular flexibility index (Phi) is 6.31. The van der Waals surface area contributed by atoms with Gasteiger partial charge in [0.25, 0.3) is 0 Å². The van der Waals surface area contributed by atoms with Crippen molar-refractivity contribution in [2.45, 2.75) is 82.3 Å². The molecule has 168 valence electrons. The summed E-state index contributed by atoms with van der Waals surface area (Å²) in [5, 5.41) is 3.30. The number of hydrogen-bond acceptors (Lipinski definition) is 3. The fraction of sp³-hybridized carbons (Fsp3) is 0.692. The molecule has 4 aliphatic rings. The molecular formula is C26H37N3O2. The van der Waals surface area contributed by atoms with Gasteiger partial charge in [-0.15, -0.1) is 0 Å². The third-order valence-corrected chi connectivity index (χ3v) is 8.20. The Balaban J connectivity index is 1.29. The van der Waals surface area contributed by atoms with Gasteiger partial charge in [-0.2, -0.15) is 0 Å². The topological polar surface area (TPSA) is 52.7 Å². The summed E-state index contributed by atoms with van der Waals surface area (Å²) in [4.78, 5) is 30.5. The molecule has 2 amide bonds. The molecule has 1 saturated carbocycles. The summed E-state index contributed by atoms with van der Waals surface area (Å²) in [6.07, 6.45) is 11.0. The zero-order valence-electron chi connectivity index (χ0n) is 18.7. The van der Waals surface area contributed by atoms with E-state index in [1.165, 1.54) is 31.2 Å². The van der Waals surface area contributed by atoms with Crippen molar-refractivity contribution >= 4 is 11.8 Å². The number of rotatable bonds is 5. The number of amides is 2. The van der Waals surface area contributed by atoms with E-state index in [9.17, 15) is 9.59 Å². The molecule has 2 bridgehead atoms. The Morgan fingerprint density at radius 1 is 0.968 bits per heavy atom. The fourth-order valence-corrected chi connectivity index (χ4v) is 6.84. The van der Waals surface area contributed by atoms with Gasteiger partial charge in [0.15, 0.2) is 0 Å². The van der Waals surface area contributed by atoms with Gasteiger partial charge in [-0.3, -0.25) is 14.5 Å². The van der Waals surface area contributed by atoms with Crippen LogP contribution in [-0.4, -0.2) is 59.4 Å². The van der Waals surface area contributed by atoms with Crippen LogP contribution in [0.1, 0.15) is 63.4 Å². The first-order valence-electron chi connectivity index (χ1n) is 12.5. The quantitative estimate of drug-likeness (QED) is 0.790. The Labute approximate surface area is 186 Å². The first kappa shape index (κ1) is 21.0. The van der Waals surface area contributed by atoms with Crippen molar-refractivity contribution in [3.63, 3.8) is 0 Å². The second-order valence-electron chi connectivity index (χ2n) is 10.4. The normalized spacial score (nSPS) is 31.9. The zero-order valence-corrected chi connectivity index (χ0v) is 18.7. The molecule has 0 spiro atoms. The van der Waals surface area contributed by atoms with Gasteiger partial charge in [0, 0.05) is 37.6 Å². The molecular weight excluding hydrogens is 386 g/mol. The van der Waals surface area contributed by atoms with Crippen LogP contribution in [0.3, 0.4) is 0 Å². The minimum Gasteiger partial charge on any atom is -0.352 e. The van der Waals surface area contributed by atoms with Crippen molar-refractivity contribution in [1.29, 1.82) is 0 Å². The van der Waals surface area contributed by atoms with Gasteiger partial charge in [-0.05, 0) is 55.9 Å². The molecule has 5 rings (SSSR count). The number of nitrogens with zero attached hydrogens (tertiary/aromatic N) is 2. The standard InChI is InChI=1S/C26H37N3O2/c30-25(27-22-10-5-2-6-11-22)18-28-16-20-15-21(17-28)24(14-19-8-3-1-4-9-19)29-23(20)12-7-13-26(29)31/h1,3-4,8-9,20-24H,2,5-7,10-18H2,(H,27,30)/t20-,21+,23+,24+/m1/s1. The third-order valence-electron chi connectivity index (χ3n) is 8.20. The van der Waals surface area contributed by atoms with Crippen LogP contribution >= 0.6 is 0 Å². The summed E-state index contributed by atoms with van der Waals surface area (Å²) in [5.74, 6) is 1.52. The molecule has 0 radical (unpaired) electrons. The van der Waals surface area contributed by atoms with E-state index in [0.717, 1.165) is 45.2 Å². The highest BCUT2D eigenvalue weighted by molar-refractivity contribution is 5.79. The van der Waals surface area contributed by atoms with Gasteiger partial charge in [0.05, 0.1) is 6.54 Å². The predicted molar refractivity (Wildman–Crippen MR) is 121 cm³/mol. The first-order valence-corrected chi connectivity index (χ1v) is 12.5. The number of piperidine rings is 3. The van der Waals surface area contributed by atoms with Crippen LogP contribution in [0.4, 0.5) is 0 Å². The van der Waals surface area contributed by atoms with Gasteiger partial charge in [0.2, 0.25) is 11.8 Å². The lowest BCUT2D eigenvalue weighted by atomic mass is 9.71. The summed E-state index contributed by atoms with van der Waals surface area (Å²) in [6, 6.07) is 11.6. The lowest BCUT2D eigenvalue weighted by Gasteiger charge is -2.56. The van der Waals surface area contributed by atoms with Gasteiger partial charge in [0.1, 0.15) is 0 Å². The van der Waals surface area contributed by atoms with E-state index in [0.29, 0.717) is 42.8 Å². The number of carbonyl (C=O) groups excluding carboxylic acids is 2. The largest absolute Gasteiger partial charge is 0.352 e. The van der Waals surface area contributed by atoms with E-state index < -0.39 is 0 Å². The van der Waals surface area contributed by atoms with Crippen LogP contribution in [0.5, 0.6) is 0 Å². The SMILES string of the molecule is O=C(CN1C[C@H]2C[C@@H](C1)[C@H](Cc1ccccc1)N1C(=O)CCC[C@@H]21)NC1CCCCC1. The number of likely N-dealkylation sites (tertiary alicyclic amines) is 1. The maximum Gasteiger partial charge on any atom is 0.234 e. The monoisotopic (exact) mass is 423 g/mol. The van der Waals surface area contributed by atoms with Crippen LogP contribution in [0.15, 0.2) is 30.3 Å². The Hall–Kier alpha value is -1.88. The van der Waals surface area contributed by atoms with Gasteiger partial charge in [-0.25, -0.2) is 0 Å². The number of hydrogen-bond donors (Lipinski definition) is 1. The first-order chi connectivity index (χ1) is 15.2. The van der Waals surface area contributed by atoms with Crippen LogP contribution in [0.25, 0.3) is 0 Å². The molecule has 3 aliphatic heterocycles. The molecule has 5 nitrogen and oxygen atoms in total. The molecule has 1 N–H and O–H groups in total. The highest BCUT2D eigenvalue weighted by Crippen LogP contribution is 2.42. The summed E-state index contributed by atoms with van der Waals surface area (Å²) in [6.45, 7) is 2.41. The van der Waals surface area contributed by atoms with E-state index in [4.69, 9.17) is 0 Å². The predicted octanol–water partition coefficient (Wildman–Crippen LogP) is 3.38. The van der Waals surface area contributed by atoms with Crippen molar-refractivity contribution in [2.24, 2.45) is 11.8 Å². The summed E-state index contributed by atoms with van der Waals surface area (Å²) in [7, 11) is 0. The van der Waals surface area contributed by atoms with Crippen LogP contribution in [-0.2, 0) is 16.0 Å². The van der Waals surface area contributed by atoms with Crippen molar-refractivity contribution < 1.29 is 9.59 Å². The number of nitrogens with one attached hydrogen (secondary N) is 1. The van der Waals surface area contributed by atoms with E-state index in [2.05, 4.69) is 45.4 Å². The average Bonchev–Trinajstić information content (AvgIpc) is 2.78. The number of fused-ring (bicyclic) bond motifs is 4. The maximum absolute atomic E-state index is 13.0. The van der Waals surface area contributed by atoms with Gasteiger partial charge >= 0.3 is 0 Å². The van der Waals surface area contributed by atoms with Gasteiger partial charge in [-0.1, -0.05) is 49.6 Å². The highest BCUT2D eigenvalue weighted by atomic mass is 16.2. The minimum absolute atomic E-state index is 0.197. The van der Waals surface area contributed by atoms with Crippen molar-refractivity contribution in [3.05, 3.63) is 35.9 Å². The zero-order chi connectivity index (χ0) is 21.2. The van der Waals surface area contributed by atoms with Crippen LogP contribution in [0.2, 0.25) is 0 Å². The summed E-state index contributed by atoms with van der Waals surface area (Å²) in [5.41, 5.74) is 1.32. The Morgan fingerprint density at radius 3 is 2.55 bits per heavy atom. The van der Waals surface area contributed by atoms with E-state index >= 15 is 0 Å². The Morgan fingerprint density at radius 2 is 1.74 bits per heavy atom. The lowest BCUT2D eigenvalue weighted by Crippen LogP contribution is -2.66. The molecule has 0 unspecified atom stereocenters. The van der Waals surface area contributed by atoms with Gasteiger partial charge < -0.3 is 10.2 Å². The minimum atomic E-state index is 0.197. The second kappa shape index (κ2) is 9.32. The molecule has 4 fully saturated rings. The number of carbonyl (C=O) groups is 2. The smallest absolute Gasteiger partial charge is 0.234 e. The second-order valence-corrected chi connectivity index (χ2v) is 10.4. The molecule has 3 heterocycles. The molecule has 0 aromatic heterocycles. The molecule has 1 aromatic carbocycles. The lowest BCUT2D eigenvalue weighted by molar-refractivity contribution is -0.153. The molecule has 1 aromatic rings. The summed E-state index contributed by atoms with van der Waals surface area (Å²) < 4.78 is 0. The van der Waals surface area contributed by atoms with E-state index in [1.807, 2.05) is 0 Å². The summed E-state index contributed by atoms with van der Waals surface area (Å²) >= 11 is 0. The van der Waals surface area contributed by atoms with E-state index in [1.54, 1.807) is 0 Å². The van der Waals surface area contributed by atoms with E-state index in [-0.39, 0.29) is 11.9 Å². The maximum atomic E-state index is 13.0. The highest BCUT2D eigenvalue weighted by Gasteiger charge is 2.49. The fourth-order valence-electron chi connectivity index (χ4n) is 6.84. The van der Waals surface area contributed by atoms with Crippen molar-refractivity contribution in [2.75, 3.05) is 19.6 Å². The Bertz CT molecular complexity index is 776. The average molecular weight is 424 g/mol. The molecule has 3 saturated heterocycles. The molecule has 31 heavy (non-hydrogen) atoms. The number of benzene rings is 1. The third kappa shape index (κ3) is 4.67. The van der Waals surface area contributed by atoms with Crippen molar-refractivity contribution in [1.82, 2.24) is 15.1 Å². The molecule has 4 atom stereocenters. The van der Waals surface area contributed by atoms with Crippen LogP contribution < -0.4 is 5.32 Å². The molecule has 5 heteroatoms. The van der Waals surface area contributed by atoms with Crippen LogP contribution in [0, 0.1) is 11.8 Å². The van der Waals surface area contributed by atoms with Crippen molar-refractivity contribution in [3.8, 4) is 0 Å². The molecule has 1 aliphatic carbocycles.